The lowest BCUT2D eigenvalue weighted by Gasteiger charge is -2.14. The highest BCUT2D eigenvalue weighted by molar-refractivity contribution is 7.89. The molecule has 0 saturated heterocycles. The van der Waals surface area contributed by atoms with Crippen molar-refractivity contribution in [1.29, 1.82) is 0 Å². The van der Waals surface area contributed by atoms with Gasteiger partial charge in [-0.05, 0) is 34.9 Å². The fourth-order valence-corrected chi connectivity index (χ4v) is 3.32. The van der Waals surface area contributed by atoms with Crippen molar-refractivity contribution in [1.82, 2.24) is 0 Å². The van der Waals surface area contributed by atoms with Crippen LogP contribution in [0.4, 0.5) is 8.78 Å². The molecule has 0 spiro atoms. The Kier molecular flexibility index (Phi) is 4.17. The highest BCUT2D eigenvalue weighted by Crippen LogP contribution is 2.36. The fourth-order valence-electron chi connectivity index (χ4n) is 2.56. The van der Waals surface area contributed by atoms with Gasteiger partial charge in [-0.3, -0.25) is 0 Å². The first-order valence-electron chi connectivity index (χ1n) is 7.04. The highest BCUT2D eigenvalue weighted by Gasteiger charge is 2.19. The van der Waals surface area contributed by atoms with Gasteiger partial charge in [0.25, 0.3) is 0 Å². The summed E-state index contributed by atoms with van der Waals surface area (Å²) >= 11 is 0. The van der Waals surface area contributed by atoms with Gasteiger partial charge in [0.05, 0.1) is 4.90 Å². The normalized spacial score (nSPS) is 11.5. The second kappa shape index (κ2) is 6.14. The maximum absolute atomic E-state index is 13.8. The van der Waals surface area contributed by atoms with E-state index in [1.165, 1.54) is 18.2 Å². The van der Waals surface area contributed by atoms with Crippen molar-refractivity contribution in [2.75, 3.05) is 0 Å². The first-order chi connectivity index (χ1) is 11.4. The zero-order valence-electron chi connectivity index (χ0n) is 12.4. The molecule has 2 N–H and O–H groups in total. The smallest absolute Gasteiger partial charge is 0.225 e. The molecule has 0 aliphatic carbocycles. The van der Waals surface area contributed by atoms with Crippen molar-refractivity contribution in [2.24, 2.45) is 5.14 Å². The van der Waals surface area contributed by atoms with Crippen LogP contribution in [0.5, 0.6) is 0 Å². The first kappa shape index (κ1) is 16.3. The molecule has 122 valence electrons. The maximum atomic E-state index is 13.8. The summed E-state index contributed by atoms with van der Waals surface area (Å²) in [6.07, 6.45) is 0. The minimum atomic E-state index is -4.02. The summed E-state index contributed by atoms with van der Waals surface area (Å²) in [6, 6.07) is 16.8. The van der Waals surface area contributed by atoms with Crippen LogP contribution >= 0.6 is 0 Å². The van der Waals surface area contributed by atoms with Gasteiger partial charge in [0.2, 0.25) is 10.0 Å². The van der Waals surface area contributed by atoms with E-state index in [1.54, 1.807) is 36.4 Å². The average Bonchev–Trinajstić information content (AvgIpc) is 2.57. The number of benzene rings is 3. The minimum Gasteiger partial charge on any atom is -0.225 e. The molecule has 6 heteroatoms. The molecule has 24 heavy (non-hydrogen) atoms. The molecule has 0 aliphatic rings. The van der Waals surface area contributed by atoms with E-state index in [1.807, 2.05) is 0 Å². The van der Waals surface area contributed by atoms with Crippen LogP contribution in [0.1, 0.15) is 0 Å². The zero-order valence-corrected chi connectivity index (χ0v) is 13.2. The van der Waals surface area contributed by atoms with Crippen molar-refractivity contribution in [3.63, 3.8) is 0 Å². The highest BCUT2D eigenvalue weighted by atomic mass is 32.2. The summed E-state index contributed by atoms with van der Waals surface area (Å²) in [5, 5.41) is 5.26. The molecule has 0 heterocycles. The van der Waals surface area contributed by atoms with Crippen LogP contribution in [0.25, 0.3) is 22.3 Å². The SMILES string of the molecule is NS(=O)(=O)c1ccccc1-c1cc(F)c(F)cc1-c1ccccc1. The summed E-state index contributed by atoms with van der Waals surface area (Å²) in [7, 11) is -4.02. The molecule has 0 aliphatic heterocycles. The van der Waals surface area contributed by atoms with E-state index in [4.69, 9.17) is 5.14 Å². The molecule has 0 fully saturated rings. The Bertz CT molecular complexity index is 1000. The standard InChI is InChI=1S/C18H13F2NO2S/c19-16-10-14(12-6-2-1-3-7-12)15(11-17(16)20)13-8-4-5-9-18(13)24(21,22)23/h1-11H,(H2,21,22,23). The molecule has 0 radical (unpaired) electrons. The summed E-state index contributed by atoms with van der Waals surface area (Å²) in [5.74, 6) is -2.07. The van der Waals surface area contributed by atoms with E-state index in [9.17, 15) is 17.2 Å². The lowest BCUT2D eigenvalue weighted by molar-refractivity contribution is 0.509. The van der Waals surface area contributed by atoms with Crippen LogP contribution in [-0.2, 0) is 10.0 Å². The summed E-state index contributed by atoms with van der Waals surface area (Å²) < 4.78 is 51.3. The van der Waals surface area contributed by atoms with Gasteiger partial charge in [-0.15, -0.1) is 0 Å². The summed E-state index contributed by atoms with van der Waals surface area (Å²) in [6.45, 7) is 0. The molecule has 3 nitrogen and oxygen atoms in total. The fraction of sp³-hybridized carbons (Fsp3) is 0. The third kappa shape index (κ3) is 3.06. The first-order valence-corrected chi connectivity index (χ1v) is 8.59. The van der Waals surface area contributed by atoms with Crippen molar-refractivity contribution in [2.45, 2.75) is 4.90 Å². The van der Waals surface area contributed by atoms with Crippen LogP contribution in [0.15, 0.2) is 71.6 Å². The quantitative estimate of drug-likeness (QED) is 0.781. The second-order valence-corrected chi connectivity index (χ2v) is 6.75. The van der Waals surface area contributed by atoms with E-state index in [2.05, 4.69) is 0 Å². The van der Waals surface area contributed by atoms with Gasteiger partial charge in [-0.2, -0.15) is 0 Å². The number of halogens is 2. The molecular formula is C18H13F2NO2S. The van der Waals surface area contributed by atoms with Crippen LogP contribution in [-0.4, -0.2) is 8.42 Å². The average molecular weight is 345 g/mol. The van der Waals surface area contributed by atoms with Crippen LogP contribution in [0.3, 0.4) is 0 Å². The third-order valence-electron chi connectivity index (χ3n) is 3.63. The maximum Gasteiger partial charge on any atom is 0.238 e. The van der Waals surface area contributed by atoms with E-state index < -0.39 is 21.7 Å². The zero-order chi connectivity index (χ0) is 17.3. The van der Waals surface area contributed by atoms with Crippen molar-refractivity contribution >= 4 is 10.0 Å². The van der Waals surface area contributed by atoms with Gasteiger partial charge in [0.1, 0.15) is 0 Å². The number of hydrogen-bond acceptors (Lipinski definition) is 2. The number of hydrogen-bond donors (Lipinski definition) is 1. The van der Waals surface area contributed by atoms with Crippen LogP contribution < -0.4 is 5.14 Å². The van der Waals surface area contributed by atoms with Crippen LogP contribution in [0.2, 0.25) is 0 Å². The molecule has 0 amide bonds. The molecule has 0 aromatic heterocycles. The lowest BCUT2D eigenvalue weighted by Crippen LogP contribution is -2.13. The number of rotatable bonds is 3. The Balaban J connectivity index is 2.36. The van der Waals surface area contributed by atoms with E-state index in [0.717, 1.165) is 12.1 Å². The number of primary sulfonamides is 1. The minimum absolute atomic E-state index is 0.145. The largest absolute Gasteiger partial charge is 0.238 e. The van der Waals surface area contributed by atoms with Gasteiger partial charge in [0, 0.05) is 5.56 Å². The predicted molar refractivity (Wildman–Crippen MR) is 88.6 cm³/mol. The molecule has 3 rings (SSSR count). The van der Waals surface area contributed by atoms with Crippen LogP contribution in [0, 0.1) is 11.6 Å². The number of sulfonamides is 1. The lowest BCUT2D eigenvalue weighted by atomic mass is 9.94. The van der Waals surface area contributed by atoms with Gasteiger partial charge in [-0.25, -0.2) is 22.3 Å². The Hall–Kier alpha value is -2.57. The summed E-state index contributed by atoms with van der Waals surface area (Å²) in [5.41, 5.74) is 1.49. The monoisotopic (exact) mass is 345 g/mol. The predicted octanol–water partition coefficient (Wildman–Crippen LogP) is 3.95. The van der Waals surface area contributed by atoms with Crippen molar-refractivity contribution in [3.8, 4) is 22.3 Å². The Labute approximate surface area is 138 Å². The number of nitrogens with two attached hydrogens (primary N) is 1. The topological polar surface area (TPSA) is 60.2 Å². The second-order valence-electron chi connectivity index (χ2n) is 5.22. The molecule has 0 bridgehead atoms. The molecule has 0 atom stereocenters. The van der Waals surface area contributed by atoms with E-state index in [-0.39, 0.29) is 16.0 Å². The third-order valence-corrected chi connectivity index (χ3v) is 4.60. The molecular weight excluding hydrogens is 332 g/mol. The van der Waals surface area contributed by atoms with Gasteiger partial charge in [0.15, 0.2) is 11.6 Å². The van der Waals surface area contributed by atoms with E-state index >= 15 is 0 Å². The van der Waals surface area contributed by atoms with Gasteiger partial charge < -0.3 is 0 Å². The Morgan fingerprint density at radius 2 is 1.25 bits per heavy atom. The Morgan fingerprint density at radius 1 is 0.708 bits per heavy atom. The molecule has 3 aromatic rings. The Morgan fingerprint density at radius 3 is 1.88 bits per heavy atom. The van der Waals surface area contributed by atoms with E-state index in [0.29, 0.717) is 11.1 Å². The molecule has 0 saturated carbocycles. The molecule has 0 unspecified atom stereocenters. The van der Waals surface area contributed by atoms with Gasteiger partial charge >= 0.3 is 0 Å². The molecule has 3 aromatic carbocycles. The van der Waals surface area contributed by atoms with Crippen molar-refractivity contribution < 1.29 is 17.2 Å². The van der Waals surface area contributed by atoms with Crippen molar-refractivity contribution in [3.05, 3.63) is 78.4 Å². The van der Waals surface area contributed by atoms with Gasteiger partial charge in [-0.1, -0.05) is 48.5 Å². The summed E-state index contributed by atoms with van der Waals surface area (Å²) in [4.78, 5) is -0.145.